The molecule has 0 aliphatic heterocycles. The number of hydrogen-bond acceptors (Lipinski definition) is 2. The van der Waals surface area contributed by atoms with E-state index in [1.165, 1.54) is 0 Å². The molecule has 0 saturated carbocycles. The van der Waals surface area contributed by atoms with Crippen LogP contribution in [0.2, 0.25) is 0 Å². The summed E-state index contributed by atoms with van der Waals surface area (Å²) in [5.74, 6) is -0.732. The maximum absolute atomic E-state index is 10.1. The molecule has 0 fully saturated rings. The van der Waals surface area contributed by atoms with E-state index < -0.39 is 5.97 Å². The lowest BCUT2D eigenvalue weighted by Crippen LogP contribution is -2.19. The van der Waals surface area contributed by atoms with Crippen molar-refractivity contribution in [1.82, 2.24) is 5.32 Å². The first-order chi connectivity index (χ1) is 5.13. The molecule has 0 aromatic carbocycles. The van der Waals surface area contributed by atoms with Crippen LogP contribution in [0.25, 0.3) is 0 Å². The average molecular weight is 175 g/mol. The third-order valence-electron chi connectivity index (χ3n) is 1.19. The van der Waals surface area contributed by atoms with Crippen LogP contribution in [0.3, 0.4) is 0 Å². The number of aliphatic carboxylic acids is 1. The smallest absolute Gasteiger partial charge is 0.303 e. The molecule has 0 saturated heterocycles. The van der Waals surface area contributed by atoms with Crippen molar-refractivity contribution < 1.29 is 9.90 Å². The average Bonchev–Trinajstić information content (AvgIpc) is 1.85. The molecule has 0 atom stereocenters. The van der Waals surface area contributed by atoms with Crippen molar-refractivity contribution in [3.05, 3.63) is 0 Å². The summed E-state index contributed by atoms with van der Waals surface area (Å²) >= 11 is 4.77. The summed E-state index contributed by atoms with van der Waals surface area (Å²) in [4.78, 5) is 10.8. The zero-order chi connectivity index (χ0) is 8.69. The number of carboxylic acid groups (broad SMARTS) is 1. The Balaban J connectivity index is 3.03. The molecular weight excluding hydrogens is 162 g/mol. The number of hydrogen-bond donors (Lipinski definition) is 2. The number of nitrogens with one attached hydrogen (secondary N) is 1. The summed E-state index contributed by atoms with van der Waals surface area (Å²) in [6, 6.07) is 0. The van der Waals surface area contributed by atoms with Gasteiger partial charge in [-0.15, -0.1) is 0 Å². The second-order valence-electron chi connectivity index (χ2n) is 2.33. The van der Waals surface area contributed by atoms with E-state index in [2.05, 4.69) is 5.32 Å². The summed E-state index contributed by atoms with van der Waals surface area (Å²) < 4.78 is 0. The Bertz CT molecular complexity index is 131. The Morgan fingerprint density at radius 2 is 2.18 bits per heavy atom. The number of thiocarbonyl (C=S) groups is 1. The van der Waals surface area contributed by atoms with E-state index in [0.717, 1.165) is 18.0 Å². The molecule has 0 spiro atoms. The molecule has 0 rings (SSSR count). The van der Waals surface area contributed by atoms with Crippen LogP contribution in [0.4, 0.5) is 0 Å². The summed E-state index contributed by atoms with van der Waals surface area (Å²) in [5.41, 5.74) is 0. The van der Waals surface area contributed by atoms with Crippen molar-refractivity contribution in [1.29, 1.82) is 0 Å². The Morgan fingerprint density at radius 3 is 2.64 bits per heavy atom. The maximum atomic E-state index is 10.1. The predicted molar refractivity (Wildman–Crippen MR) is 47.8 cm³/mol. The van der Waals surface area contributed by atoms with Crippen molar-refractivity contribution in [2.45, 2.75) is 26.2 Å². The van der Waals surface area contributed by atoms with E-state index in [4.69, 9.17) is 17.3 Å². The van der Waals surface area contributed by atoms with Gasteiger partial charge in [-0.3, -0.25) is 4.79 Å². The van der Waals surface area contributed by atoms with Crippen LogP contribution in [0.15, 0.2) is 0 Å². The molecule has 2 N–H and O–H groups in total. The lowest BCUT2D eigenvalue weighted by Gasteiger charge is -2.01. The molecule has 4 heteroatoms. The lowest BCUT2D eigenvalue weighted by atomic mass is 10.2. The minimum atomic E-state index is -0.732. The molecule has 0 heterocycles. The van der Waals surface area contributed by atoms with Gasteiger partial charge in [0, 0.05) is 13.0 Å². The van der Waals surface area contributed by atoms with Crippen LogP contribution in [-0.4, -0.2) is 22.6 Å². The Labute approximate surface area is 71.8 Å². The standard InChI is InChI=1S/C7H13NO2S/c1-6(11)8-5-3-2-4-7(9)10/h2-5H2,1H3,(H,8,11)(H,9,10). The van der Waals surface area contributed by atoms with Gasteiger partial charge in [0.05, 0.1) is 4.99 Å². The molecule has 0 aliphatic carbocycles. The van der Waals surface area contributed by atoms with E-state index in [-0.39, 0.29) is 6.42 Å². The molecule has 0 aliphatic rings. The number of unbranched alkanes of at least 4 members (excludes halogenated alkanes) is 1. The van der Waals surface area contributed by atoms with E-state index in [1.807, 2.05) is 6.92 Å². The molecular formula is C7H13NO2S. The van der Waals surface area contributed by atoms with Crippen molar-refractivity contribution in [3.8, 4) is 0 Å². The SMILES string of the molecule is CC(=S)NCCCCC(=O)O. The Morgan fingerprint density at radius 1 is 1.55 bits per heavy atom. The first-order valence-electron chi connectivity index (χ1n) is 3.59. The molecule has 64 valence electrons. The van der Waals surface area contributed by atoms with Gasteiger partial charge in [-0.05, 0) is 19.8 Å². The fraction of sp³-hybridized carbons (Fsp3) is 0.714. The fourth-order valence-corrected chi connectivity index (χ4v) is 0.768. The molecule has 0 aromatic heterocycles. The van der Waals surface area contributed by atoms with E-state index >= 15 is 0 Å². The minimum absolute atomic E-state index is 0.248. The molecule has 3 nitrogen and oxygen atoms in total. The number of rotatable bonds is 5. The van der Waals surface area contributed by atoms with Gasteiger partial charge in [0.15, 0.2) is 0 Å². The van der Waals surface area contributed by atoms with Gasteiger partial charge in [0.1, 0.15) is 0 Å². The molecule has 0 amide bonds. The summed E-state index contributed by atoms with van der Waals surface area (Å²) in [7, 11) is 0. The maximum Gasteiger partial charge on any atom is 0.303 e. The van der Waals surface area contributed by atoms with Crippen molar-refractivity contribution in [2.24, 2.45) is 0 Å². The Hall–Kier alpha value is -0.640. The van der Waals surface area contributed by atoms with Crippen molar-refractivity contribution >= 4 is 23.2 Å². The van der Waals surface area contributed by atoms with Crippen LogP contribution in [0, 0.1) is 0 Å². The molecule has 0 unspecified atom stereocenters. The fourth-order valence-electron chi connectivity index (χ4n) is 0.666. The predicted octanol–water partition coefficient (Wildman–Crippen LogP) is 1.18. The molecule has 11 heavy (non-hydrogen) atoms. The van der Waals surface area contributed by atoms with E-state index in [9.17, 15) is 4.79 Å². The quantitative estimate of drug-likeness (QED) is 0.486. The molecule has 0 aromatic rings. The lowest BCUT2D eigenvalue weighted by molar-refractivity contribution is -0.137. The third-order valence-corrected chi connectivity index (χ3v) is 1.34. The van der Waals surface area contributed by atoms with Gasteiger partial charge < -0.3 is 10.4 Å². The van der Waals surface area contributed by atoms with Crippen LogP contribution in [0.1, 0.15) is 26.2 Å². The highest BCUT2D eigenvalue weighted by Crippen LogP contribution is 1.92. The van der Waals surface area contributed by atoms with Gasteiger partial charge in [-0.1, -0.05) is 12.2 Å². The van der Waals surface area contributed by atoms with Gasteiger partial charge in [-0.2, -0.15) is 0 Å². The largest absolute Gasteiger partial charge is 0.481 e. The van der Waals surface area contributed by atoms with Crippen LogP contribution >= 0.6 is 12.2 Å². The normalized spacial score (nSPS) is 9.18. The topological polar surface area (TPSA) is 49.3 Å². The minimum Gasteiger partial charge on any atom is -0.481 e. The van der Waals surface area contributed by atoms with E-state index in [0.29, 0.717) is 6.42 Å². The summed E-state index contributed by atoms with van der Waals surface area (Å²) in [5, 5.41) is 11.2. The zero-order valence-corrected chi connectivity index (χ0v) is 7.41. The molecule has 0 radical (unpaired) electrons. The van der Waals surface area contributed by atoms with Crippen LogP contribution in [0.5, 0.6) is 0 Å². The van der Waals surface area contributed by atoms with Crippen molar-refractivity contribution in [2.75, 3.05) is 6.54 Å². The van der Waals surface area contributed by atoms with Gasteiger partial charge >= 0.3 is 5.97 Å². The monoisotopic (exact) mass is 175 g/mol. The van der Waals surface area contributed by atoms with Gasteiger partial charge in [0.2, 0.25) is 0 Å². The highest BCUT2D eigenvalue weighted by Gasteiger charge is 1.95. The highest BCUT2D eigenvalue weighted by molar-refractivity contribution is 7.80. The second-order valence-corrected chi connectivity index (χ2v) is 2.95. The van der Waals surface area contributed by atoms with Crippen molar-refractivity contribution in [3.63, 3.8) is 0 Å². The van der Waals surface area contributed by atoms with E-state index in [1.54, 1.807) is 0 Å². The zero-order valence-electron chi connectivity index (χ0n) is 6.59. The number of carbonyl (C=O) groups is 1. The highest BCUT2D eigenvalue weighted by atomic mass is 32.1. The van der Waals surface area contributed by atoms with Gasteiger partial charge in [-0.25, -0.2) is 0 Å². The second kappa shape index (κ2) is 6.09. The summed E-state index contributed by atoms with van der Waals surface area (Å²) in [6.07, 6.45) is 1.82. The van der Waals surface area contributed by atoms with Crippen LogP contribution in [-0.2, 0) is 4.79 Å². The Kier molecular flexibility index (Phi) is 5.74. The summed E-state index contributed by atoms with van der Waals surface area (Å²) in [6.45, 7) is 2.59. The third kappa shape index (κ3) is 9.36. The first kappa shape index (κ1) is 10.4. The van der Waals surface area contributed by atoms with Gasteiger partial charge in [0.25, 0.3) is 0 Å². The first-order valence-corrected chi connectivity index (χ1v) is 4.00. The van der Waals surface area contributed by atoms with Crippen LogP contribution < -0.4 is 5.32 Å². The number of carboxylic acids is 1. The molecule has 0 bridgehead atoms.